The van der Waals surface area contributed by atoms with Crippen molar-refractivity contribution in [3.63, 3.8) is 0 Å². The van der Waals surface area contributed by atoms with Gasteiger partial charge in [-0.15, -0.1) is 0 Å². The van der Waals surface area contributed by atoms with Crippen LogP contribution in [0.4, 0.5) is 5.69 Å². The topological polar surface area (TPSA) is 49.8 Å². The minimum Gasteiger partial charge on any atom is -0.365 e. The van der Waals surface area contributed by atoms with Crippen molar-refractivity contribution in [3.05, 3.63) is 29.8 Å². The van der Waals surface area contributed by atoms with E-state index in [1.54, 1.807) is 24.3 Å². The number of rotatable bonds is 1. The lowest BCUT2D eigenvalue weighted by atomic mass is 10.1. The molecule has 4 heteroatoms. The average Bonchev–Trinajstić information content (AvgIpc) is 2.41. The average molecular weight is 179 g/mol. The van der Waals surface area contributed by atoms with Crippen molar-refractivity contribution in [2.24, 2.45) is 0 Å². The molecule has 0 bridgehead atoms. The van der Waals surface area contributed by atoms with Crippen LogP contribution >= 0.6 is 0 Å². The zero-order valence-corrected chi connectivity index (χ0v) is 7.10. The van der Waals surface area contributed by atoms with Crippen molar-refractivity contribution in [2.75, 3.05) is 12.2 Å². The molecular formula is C9H9NO3. The second kappa shape index (κ2) is 2.83. The maximum atomic E-state index is 11.4. The fraction of sp³-hybridized carbons (Fsp3) is 0.222. The van der Waals surface area contributed by atoms with Crippen LogP contribution in [0.2, 0.25) is 0 Å². The SMILES string of the molecule is CON1c2ccccc2C(=O)C1O. The first-order chi connectivity index (χ1) is 6.25. The summed E-state index contributed by atoms with van der Waals surface area (Å²) in [6.45, 7) is 0. The maximum Gasteiger partial charge on any atom is 0.216 e. The lowest BCUT2D eigenvalue weighted by Gasteiger charge is -2.18. The van der Waals surface area contributed by atoms with E-state index in [4.69, 9.17) is 4.84 Å². The highest BCUT2D eigenvalue weighted by atomic mass is 16.7. The van der Waals surface area contributed by atoms with Crippen molar-refractivity contribution in [1.29, 1.82) is 0 Å². The fourth-order valence-corrected chi connectivity index (χ4v) is 1.45. The first-order valence-corrected chi connectivity index (χ1v) is 3.90. The Morgan fingerprint density at radius 3 is 2.85 bits per heavy atom. The van der Waals surface area contributed by atoms with Crippen LogP contribution in [0.25, 0.3) is 0 Å². The van der Waals surface area contributed by atoms with Gasteiger partial charge in [0.1, 0.15) is 0 Å². The van der Waals surface area contributed by atoms with Crippen molar-refractivity contribution in [2.45, 2.75) is 6.23 Å². The molecule has 1 aromatic rings. The van der Waals surface area contributed by atoms with E-state index in [0.717, 1.165) is 0 Å². The van der Waals surface area contributed by atoms with E-state index in [-0.39, 0.29) is 5.78 Å². The normalized spacial score (nSPS) is 20.6. The minimum atomic E-state index is -1.21. The Morgan fingerprint density at radius 1 is 1.46 bits per heavy atom. The molecule has 0 aromatic heterocycles. The summed E-state index contributed by atoms with van der Waals surface area (Å²) in [6, 6.07) is 6.94. The van der Waals surface area contributed by atoms with Gasteiger partial charge >= 0.3 is 0 Å². The summed E-state index contributed by atoms with van der Waals surface area (Å²) in [5.74, 6) is -0.322. The largest absolute Gasteiger partial charge is 0.365 e. The second-order valence-corrected chi connectivity index (χ2v) is 2.76. The molecule has 0 aliphatic carbocycles. The third kappa shape index (κ3) is 1.03. The molecule has 0 radical (unpaired) electrons. The van der Waals surface area contributed by atoms with Crippen LogP contribution in [0.15, 0.2) is 24.3 Å². The molecule has 4 nitrogen and oxygen atoms in total. The fourth-order valence-electron chi connectivity index (χ4n) is 1.45. The lowest BCUT2D eigenvalue weighted by Crippen LogP contribution is -2.33. The molecule has 0 amide bonds. The van der Waals surface area contributed by atoms with E-state index < -0.39 is 6.23 Å². The number of hydrogen-bond donors (Lipinski definition) is 1. The number of nitrogens with zero attached hydrogens (tertiary/aromatic N) is 1. The van der Waals surface area contributed by atoms with Crippen LogP contribution in [0, 0.1) is 0 Å². The number of para-hydroxylation sites is 1. The Labute approximate surface area is 75.3 Å². The van der Waals surface area contributed by atoms with Crippen LogP contribution in [0.1, 0.15) is 10.4 Å². The number of benzene rings is 1. The van der Waals surface area contributed by atoms with Crippen LogP contribution in [-0.2, 0) is 4.84 Å². The minimum absolute atomic E-state index is 0.322. The summed E-state index contributed by atoms with van der Waals surface area (Å²) in [5.41, 5.74) is 1.11. The number of ketones is 1. The van der Waals surface area contributed by atoms with E-state index in [0.29, 0.717) is 11.3 Å². The molecule has 0 saturated carbocycles. The van der Waals surface area contributed by atoms with Crippen LogP contribution in [0.5, 0.6) is 0 Å². The molecule has 1 aliphatic rings. The standard InChI is InChI=1S/C9H9NO3/c1-13-10-7-5-3-2-4-6(7)8(11)9(10)12/h2-5,9,12H,1H3. The van der Waals surface area contributed by atoms with Gasteiger partial charge in [0.15, 0.2) is 0 Å². The molecule has 1 aromatic carbocycles. The highest BCUT2D eigenvalue weighted by Gasteiger charge is 2.35. The first-order valence-electron chi connectivity index (χ1n) is 3.90. The molecule has 1 atom stereocenters. The number of Topliss-reactive ketones (excluding diaryl/α,β-unsaturated/α-hetero) is 1. The molecule has 1 heterocycles. The van der Waals surface area contributed by atoms with E-state index in [9.17, 15) is 9.90 Å². The number of carbonyl (C=O) groups excluding carboxylic acids is 1. The Balaban J connectivity index is 2.53. The second-order valence-electron chi connectivity index (χ2n) is 2.76. The van der Waals surface area contributed by atoms with Gasteiger partial charge in [-0.1, -0.05) is 12.1 Å². The van der Waals surface area contributed by atoms with Crippen LogP contribution in [0.3, 0.4) is 0 Å². The van der Waals surface area contributed by atoms with Gasteiger partial charge in [0.05, 0.1) is 12.8 Å². The Bertz CT molecular complexity index is 350. The van der Waals surface area contributed by atoms with E-state index in [2.05, 4.69) is 0 Å². The van der Waals surface area contributed by atoms with Gasteiger partial charge in [0.2, 0.25) is 12.0 Å². The zero-order chi connectivity index (χ0) is 9.42. The monoisotopic (exact) mass is 179 g/mol. The summed E-state index contributed by atoms with van der Waals surface area (Å²) in [7, 11) is 1.42. The van der Waals surface area contributed by atoms with E-state index >= 15 is 0 Å². The summed E-state index contributed by atoms with van der Waals surface area (Å²) in [4.78, 5) is 16.3. The molecule has 1 N–H and O–H groups in total. The predicted octanol–water partition coefficient (Wildman–Crippen LogP) is 0.569. The summed E-state index contributed by atoms with van der Waals surface area (Å²) in [5, 5.41) is 10.6. The molecule has 0 spiro atoms. The zero-order valence-electron chi connectivity index (χ0n) is 7.10. The Hall–Kier alpha value is -1.39. The van der Waals surface area contributed by atoms with Gasteiger partial charge in [-0.2, -0.15) is 0 Å². The number of aliphatic hydroxyl groups is 1. The molecule has 1 aliphatic heterocycles. The third-order valence-electron chi connectivity index (χ3n) is 2.06. The number of anilines is 1. The summed E-state index contributed by atoms with van der Waals surface area (Å²) in [6.07, 6.45) is -1.21. The number of hydroxylamine groups is 1. The summed E-state index contributed by atoms with van der Waals surface area (Å²) >= 11 is 0. The van der Waals surface area contributed by atoms with Gasteiger partial charge < -0.3 is 5.11 Å². The highest BCUT2D eigenvalue weighted by Crippen LogP contribution is 2.30. The number of carbonyl (C=O) groups is 1. The van der Waals surface area contributed by atoms with Gasteiger partial charge in [-0.05, 0) is 12.1 Å². The lowest BCUT2D eigenvalue weighted by molar-refractivity contribution is 0.0380. The van der Waals surface area contributed by atoms with E-state index in [1.807, 2.05) is 0 Å². The van der Waals surface area contributed by atoms with E-state index in [1.165, 1.54) is 12.2 Å². The van der Waals surface area contributed by atoms with Gasteiger partial charge in [-0.25, -0.2) is 5.06 Å². The number of aliphatic hydroxyl groups excluding tert-OH is 1. The first kappa shape index (κ1) is 8.22. The van der Waals surface area contributed by atoms with Gasteiger partial charge in [0.25, 0.3) is 0 Å². The van der Waals surface area contributed by atoms with Gasteiger partial charge in [0, 0.05) is 5.56 Å². The molecule has 13 heavy (non-hydrogen) atoms. The Kier molecular flexibility index (Phi) is 1.79. The molecule has 0 saturated heterocycles. The Morgan fingerprint density at radius 2 is 2.15 bits per heavy atom. The molecule has 68 valence electrons. The van der Waals surface area contributed by atoms with Crippen molar-refractivity contribution >= 4 is 11.5 Å². The van der Waals surface area contributed by atoms with Crippen LogP contribution in [-0.4, -0.2) is 24.2 Å². The number of hydrogen-bond acceptors (Lipinski definition) is 4. The van der Waals surface area contributed by atoms with Crippen LogP contribution < -0.4 is 5.06 Å². The molecular weight excluding hydrogens is 170 g/mol. The molecule has 0 fully saturated rings. The van der Waals surface area contributed by atoms with Gasteiger partial charge in [-0.3, -0.25) is 9.63 Å². The number of fused-ring (bicyclic) bond motifs is 1. The highest BCUT2D eigenvalue weighted by molar-refractivity contribution is 6.09. The summed E-state index contributed by atoms with van der Waals surface area (Å²) < 4.78 is 0. The van der Waals surface area contributed by atoms with Crippen molar-refractivity contribution < 1.29 is 14.7 Å². The maximum absolute atomic E-state index is 11.4. The molecule has 1 unspecified atom stereocenters. The predicted molar refractivity (Wildman–Crippen MR) is 46.3 cm³/mol. The van der Waals surface area contributed by atoms with Crippen molar-refractivity contribution in [3.8, 4) is 0 Å². The quantitative estimate of drug-likeness (QED) is 0.684. The third-order valence-corrected chi connectivity index (χ3v) is 2.06. The smallest absolute Gasteiger partial charge is 0.216 e. The van der Waals surface area contributed by atoms with Crippen molar-refractivity contribution in [1.82, 2.24) is 0 Å². The molecule has 2 rings (SSSR count).